The SMILES string of the molecule is C.C.C.Cc1ccc(-c2ccc(-c3cccc(C)c3)cc2)cc1. The van der Waals surface area contributed by atoms with E-state index in [2.05, 4.69) is 86.6 Å². The Morgan fingerprint density at radius 3 is 1.35 bits per heavy atom. The third-order valence-corrected chi connectivity index (χ3v) is 3.62. The summed E-state index contributed by atoms with van der Waals surface area (Å²) in [4.78, 5) is 0. The normalized spacial score (nSPS) is 9.13. The Morgan fingerprint density at radius 2 is 0.870 bits per heavy atom. The molecule has 0 spiro atoms. The van der Waals surface area contributed by atoms with Gasteiger partial charge in [0.1, 0.15) is 0 Å². The lowest BCUT2D eigenvalue weighted by Gasteiger charge is -2.06. The summed E-state index contributed by atoms with van der Waals surface area (Å²) in [6.45, 7) is 4.24. The monoisotopic (exact) mass is 306 g/mol. The fraction of sp³-hybridized carbons (Fsp3) is 0.217. The van der Waals surface area contributed by atoms with Crippen molar-refractivity contribution in [3.63, 3.8) is 0 Å². The molecule has 0 heterocycles. The zero-order valence-electron chi connectivity index (χ0n) is 11.9. The molecule has 0 nitrogen and oxygen atoms in total. The van der Waals surface area contributed by atoms with Crippen molar-refractivity contribution >= 4 is 0 Å². The maximum atomic E-state index is 2.22. The second kappa shape index (κ2) is 8.95. The lowest BCUT2D eigenvalue weighted by Crippen LogP contribution is -1.81. The number of hydrogen-bond acceptors (Lipinski definition) is 0. The molecule has 3 rings (SSSR count). The van der Waals surface area contributed by atoms with Gasteiger partial charge in [0.15, 0.2) is 0 Å². The standard InChI is InChI=1S/C20H18.3CH4/c1-15-6-8-17(9-7-15)18-10-12-19(13-11-18)20-5-3-4-16(2)14-20;;;/h3-14H,1-2H3;3*1H4. The highest BCUT2D eigenvalue weighted by Crippen LogP contribution is 2.25. The van der Waals surface area contributed by atoms with Gasteiger partial charge in [-0.1, -0.05) is 106 Å². The Balaban J connectivity index is 0.00000161. The predicted molar refractivity (Wildman–Crippen MR) is 107 cm³/mol. The molecule has 0 saturated carbocycles. The van der Waals surface area contributed by atoms with E-state index in [-0.39, 0.29) is 22.3 Å². The molecule has 0 aromatic heterocycles. The van der Waals surface area contributed by atoms with Gasteiger partial charge in [-0.25, -0.2) is 0 Å². The van der Waals surface area contributed by atoms with E-state index in [0.29, 0.717) is 0 Å². The smallest absolute Gasteiger partial charge is 0.0181 e. The molecule has 0 unspecified atom stereocenters. The number of benzene rings is 3. The average Bonchev–Trinajstić information content (AvgIpc) is 2.48. The van der Waals surface area contributed by atoms with Crippen molar-refractivity contribution in [3.8, 4) is 22.3 Å². The Bertz CT molecular complexity index is 704. The van der Waals surface area contributed by atoms with Crippen LogP contribution < -0.4 is 0 Å². The van der Waals surface area contributed by atoms with Crippen LogP contribution in [0.1, 0.15) is 33.4 Å². The van der Waals surface area contributed by atoms with Gasteiger partial charge in [0.05, 0.1) is 0 Å². The van der Waals surface area contributed by atoms with Crippen LogP contribution in [-0.2, 0) is 0 Å². The van der Waals surface area contributed by atoms with E-state index in [1.165, 1.54) is 33.4 Å². The second-order valence-electron chi connectivity index (χ2n) is 5.31. The van der Waals surface area contributed by atoms with Crippen molar-refractivity contribution in [2.45, 2.75) is 36.1 Å². The van der Waals surface area contributed by atoms with Crippen LogP contribution in [0.4, 0.5) is 0 Å². The summed E-state index contributed by atoms with van der Waals surface area (Å²) in [6.07, 6.45) is 0. The van der Waals surface area contributed by atoms with Crippen LogP contribution in [0.25, 0.3) is 22.3 Å². The van der Waals surface area contributed by atoms with Crippen molar-refractivity contribution < 1.29 is 0 Å². The van der Waals surface area contributed by atoms with Crippen LogP contribution in [0.2, 0.25) is 0 Å². The van der Waals surface area contributed by atoms with E-state index in [1.54, 1.807) is 0 Å². The van der Waals surface area contributed by atoms with E-state index in [9.17, 15) is 0 Å². The molecule has 0 saturated heterocycles. The van der Waals surface area contributed by atoms with Crippen molar-refractivity contribution in [1.29, 1.82) is 0 Å². The molecular weight excluding hydrogens is 276 g/mol. The van der Waals surface area contributed by atoms with Crippen molar-refractivity contribution in [2.24, 2.45) is 0 Å². The van der Waals surface area contributed by atoms with Crippen molar-refractivity contribution in [1.82, 2.24) is 0 Å². The summed E-state index contributed by atoms with van der Waals surface area (Å²) in [6, 6.07) is 26.1. The fourth-order valence-corrected chi connectivity index (χ4v) is 2.43. The first kappa shape index (κ1) is 20.7. The van der Waals surface area contributed by atoms with E-state index < -0.39 is 0 Å². The van der Waals surface area contributed by atoms with E-state index in [4.69, 9.17) is 0 Å². The van der Waals surface area contributed by atoms with Gasteiger partial charge in [-0.15, -0.1) is 0 Å². The van der Waals surface area contributed by atoms with Gasteiger partial charge in [0.2, 0.25) is 0 Å². The number of hydrogen-bond donors (Lipinski definition) is 0. The zero-order valence-corrected chi connectivity index (χ0v) is 11.9. The molecule has 3 aromatic carbocycles. The summed E-state index contributed by atoms with van der Waals surface area (Å²) >= 11 is 0. The van der Waals surface area contributed by atoms with Crippen LogP contribution >= 0.6 is 0 Å². The highest BCUT2D eigenvalue weighted by molar-refractivity contribution is 5.70. The molecule has 0 radical (unpaired) electrons. The maximum absolute atomic E-state index is 2.22. The lowest BCUT2D eigenvalue weighted by atomic mass is 9.99. The minimum Gasteiger partial charge on any atom is -0.0776 e. The highest BCUT2D eigenvalue weighted by Gasteiger charge is 2.00. The Kier molecular flexibility index (Phi) is 8.04. The molecule has 23 heavy (non-hydrogen) atoms. The number of aryl methyl sites for hydroxylation is 2. The largest absolute Gasteiger partial charge is 0.0776 e. The molecule has 0 atom stereocenters. The fourth-order valence-electron chi connectivity index (χ4n) is 2.43. The molecule has 0 aliphatic carbocycles. The summed E-state index contributed by atoms with van der Waals surface area (Å²) in [7, 11) is 0. The molecular formula is C23H30. The molecule has 0 aliphatic heterocycles. The molecule has 122 valence electrons. The Labute approximate surface area is 142 Å². The van der Waals surface area contributed by atoms with Gasteiger partial charge >= 0.3 is 0 Å². The van der Waals surface area contributed by atoms with Crippen molar-refractivity contribution in [3.05, 3.63) is 83.9 Å². The van der Waals surface area contributed by atoms with Gasteiger partial charge < -0.3 is 0 Å². The van der Waals surface area contributed by atoms with Crippen LogP contribution in [0, 0.1) is 13.8 Å². The Morgan fingerprint density at radius 1 is 0.435 bits per heavy atom. The van der Waals surface area contributed by atoms with Crippen LogP contribution in [0.5, 0.6) is 0 Å². The molecule has 0 aliphatic rings. The molecule has 0 bridgehead atoms. The van der Waals surface area contributed by atoms with E-state index in [0.717, 1.165) is 0 Å². The summed E-state index contributed by atoms with van der Waals surface area (Å²) < 4.78 is 0. The minimum absolute atomic E-state index is 0. The topological polar surface area (TPSA) is 0 Å². The quantitative estimate of drug-likeness (QED) is 0.458. The van der Waals surface area contributed by atoms with E-state index in [1.807, 2.05) is 0 Å². The highest BCUT2D eigenvalue weighted by atomic mass is 14.0. The number of rotatable bonds is 2. The third-order valence-electron chi connectivity index (χ3n) is 3.62. The molecule has 0 amide bonds. The maximum Gasteiger partial charge on any atom is -0.0181 e. The Hall–Kier alpha value is -2.34. The first-order valence-corrected chi connectivity index (χ1v) is 6.96. The van der Waals surface area contributed by atoms with Crippen LogP contribution in [0.3, 0.4) is 0 Å². The molecule has 0 fully saturated rings. The van der Waals surface area contributed by atoms with Gasteiger partial charge in [-0.3, -0.25) is 0 Å². The third kappa shape index (κ3) is 4.82. The van der Waals surface area contributed by atoms with E-state index >= 15 is 0 Å². The molecule has 3 aromatic rings. The molecule has 0 heteroatoms. The summed E-state index contributed by atoms with van der Waals surface area (Å²) in [5.41, 5.74) is 7.67. The molecule has 0 N–H and O–H groups in total. The van der Waals surface area contributed by atoms with Crippen molar-refractivity contribution in [2.75, 3.05) is 0 Å². The summed E-state index contributed by atoms with van der Waals surface area (Å²) in [5, 5.41) is 0. The second-order valence-corrected chi connectivity index (χ2v) is 5.31. The minimum atomic E-state index is 0. The lowest BCUT2D eigenvalue weighted by molar-refractivity contribution is 1.46. The zero-order chi connectivity index (χ0) is 13.9. The van der Waals surface area contributed by atoms with Gasteiger partial charge in [-0.2, -0.15) is 0 Å². The summed E-state index contributed by atoms with van der Waals surface area (Å²) in [5.74, 6) is 0. The first-order valence-electron chi connectivity index (χ1n) is 6.96. The average molecular weight is 306 g/mol. The van der Waals surface area contributed by atoms with Gasteiger partial charge in [0, 0.05) is 0 Å². The van der Waals surface area contributed by atoms with Crippen LogP contribution in [-0.4, -0.2) is 0 Å². The predicted octanol–water partition coefficient (Wildman–Crippen LogP) is 7.55. The first-order chi connectivity index (χ1) is 9.72. The van der Waals surface area contributed by atoms with Crippen LogP contribution in [0.15, 0.2) is 72.8 Å². The van der Waals surface area contributed by atoms with Gasteiger partial charge in [-0.05, 0) is 36.1 Å². The van der Waals surface area contributed by atoms with Gasteiger partial charge in [0.25, 0.3) is 0 Å².